The van der Waals surface area contributed by atoms with Crippen LogP contribution in [-0.4, -0.2) is 15.6 Å². The first-order valence-electron chi connectivity index (χ1n) is 5.49. The lowest BCUT2D eigenvalue weighted by molar-refractivity contribution is -0.137. The average molecular weight is 252 g/mol. The second-order valence-corrected chi connectivity index (χ2v) is 4.86. The molecule has 2 aromatic rings. The molecule has 90 valence electrons. The lowest BCUT2D eigenvalue weighted by Gasteiger charge is -2.01. The molecule has 0 saturated carbocycles. The molecule has 1 N–H and O–H groups in total. The Morgan fingerprint density at radius 3 is 2.76 bits per heavy atom. The van der Waals surface area contributed by atoms with Crippen LogP contribution in [-0.2, 0) is 11.3 Å². The van der Waals surface area contributed by atoms with Crippen molar-refractivity contribution >= 4 is 28.5 Å². The molecule has 0 atom stereocenters. The number of nitrogens with zero attached hydrogens (tertiary/aromatic N) is 1. The fourth-order valence-corrected chi connectivity index (χ4v) is 2.20. The number of aliphatic carboxylic acids is 1. The Bertz CT molecular complexity index is 572. The van der Waals surface area contributed by atoms with Gasteiger partial charge in [0.2, 0.25) is 0 Å². The van der Waals surface area contributed by atoms with E-state index in [1.807, 2.05) is 24.4 Å². The summed E-state index contributed by atoms with van der Waals surface area (Å²) in [6.07, 6.45) is 1.90. The number of halogens is 1. The van der Waals surface area contributed by atoms with Gasteiger partial charge in [0.1, 0.15) is 6.54 Å². The Hall–Kier alpha value is -1.48. The Labute approximate surface area is 105 Å². The SMILES string of the molecule is CC(C)c1cn(CC(=O)O)c2cc(Cl)ccc12. The van der Waals surface area contributed by atoms with Crippen molar-refractivity contribution in [2.75, 3.05) is 0 Å². The minimum Gasteiger partial charge on any atom is -0.480 e. The summed E-state index contributed by atoms with van der Waals surface area (Å²) in [7, 11) is 0. The molecule has 0 aliphatic carbocycles. The first-order valence-corrected chi connectivity index (χ1v) is 5.87. The van der Waals surface area contributed by atoms with Gasteiger partial charge < -0.3 is 9.67 Å². The van der Waals surface area contributed by atoms with Gasteiger partial charge in [-0.1, -0.05) is 31.5 Å². The van der Waals surface area contributed by atoms with Crippen LogP contribution >= 0.6 is 11.6 Å². The number of carbonyl (C=O) groups is 1. The summed E-state index contributed by atoms with van der Waals surface area (Å²) in [4.78, 5) is 10.8. The number of rotatable bonds is 3. The van der Waals surface area contributed by atoms with Gasteiger partial charge in [0.25, 0.3) is 0 Å². The van der Waals surface area contributed by atoms with E-state index in [4.69, 9.17) is 16.7 Å². The highest BCUT2D eigenvalue weighted by molar-refractivity contribution is 6.31. The zero-order chi connectivity index (χ0) is 12.6. The predicted octanol–water partition coefficient (Wildman–Crippen LogP) is 3.50. The van der Waals surface area contributed by atoms with Gasteiger partial charge in [-0.05, 0) is 23.6 Å². The molecule has 0 aliphatic rings. The van der Waals surface area contributed by atoms with Crippen molar-refractivity contribution in [1.82, 2.24) is 4.57 Å². The molecule has 0 fully saturated rings. The van der Waals surface area contributed by atoms with Crippen LogP contribution in [0.3, 0.4) is 0 Å². The smallest absolute Gasteiger partial charge is 0.323 e. The maximum atomic E-state index is 10.8. The highest BCUT2D eigenvalue weighted by Crippen LogP contribution is 2.29. The van der Waals surface area contributed by atoms with E-state index < -0.39 is 5.97 Å². The van der Waals surface area contributed by atoms with Crippen molar-refractivity contribution < 1.29 is 9.90 Å². The minimum atomic E-state index is -0.850. The van der Waals surface area contributed by atoms with Crippen LogP contribution in [0, 0.1) is 0 Å². The number of aromatic nitrogens is 1. The van der Waals surface area contributed by atoms with Gasteiger partial charge in [0.05, 0.1) is 5.52 Å². The van der Waals surface area contributed by atoms with Gasteiger partial charge in [0.15, 0.2) is 0 Å². The third-order valence-electron chi connectivity index (χ3n) is 2.80. The molecule has 2 rings (SSSR count). The molecule has 1 aromatic carbocycles. The molecule has 0 saturated heterocycles. The molecule has 1 aromatic heterocycles. The Kier molecular flexibility index (Phi) is 3.11. The van der Waals surface area contributed by atoms with Crippen LogP contribution in [0.2, 0.25) is 5.02 Å². The normalized spacial score (nSPS) is 11.3. The lowest BCUT2D eigenvalue weighted by atomic mass is 10.0. The van der Waals surface area contributed by atoms with E-state index in [-0.39, 0.29) is 6.54 Å². The number of fused-ring (bicyclic) bond motifs is 1. The second kappa shape index (κ2) is 4.41. The van der Waals surface area contributed by atoms with E-state index in [2.05, 4.69) is 13.8 Å². The first kappa shape index (κ1) is 12.0. The first-order chi connectivity index (χ1) is 7.99. The molecule has 0 unspecified atom stereocenters. The van der Waals surface area contributed by atoms with Crippen LogP contribution in [0.15, 0.2) is 24.4 Å². The molecule has 17 heavy (non-hydrogen) atoms. The van der Waals surface area contributed by atoms with E-state index in [0.29, 0.717) is 10.9 Å². The Balaban J connectivity index is 2.66. The van der Waals surface area contributed by atoms with Gasteiger partial charge >= 0.3 is 5.97 Å². The maximum absolute atomic E-state index is 10.8. The van der Waals surface area contributed by atoms with Crippen LogP contribution in [0.1, 0.15) is 25.3 Å². The molecule has 0 amide bonds. The highest BCUT2D eigenvalue weighted by atomic mass is 35.5. The van der Waals surface area contributed by atoms with Crippen LogP contribution < -0.4 is 0 Å². The summed E-state index contributed by atoms with van der Waals surface area (Å²) >= 11 is 5.96. The average Bonchev–Trinajstić information content (AvgIpc) is 2.56. The zero-order valence-corrected chi connectivity index (χ0v) is 10.5. The van der Waals surface area contributed by atoms with E-state index in [0.717, 1.165) is 16.5 Å². The van der Waals surface area contributed by atoms with Gasteiger partial charge in [0, 0.05) is 16.6 Å². The summed E-state index contributed by atoms with van der Waals surface area (Å²) in [6, 6.07) is 5.60. The second-order valence-electron chi connectivity index (χ2n) is 4.42. The predicted molar refractivity (Wildman–Crippen MR) is 68.7 cm³/mol. The van der Waals surface area contributed by atoms with Crippen LogP contribution in [0.4, 0.5) is 0 Å². The number of hydrogen-bond acceptors (Lipinski definition) is 1. The van der Waals surface area contributed by atoms with Crippen molar-refractivity contribution in [3.8, 4) is 0 Å². The van der Waals surface area contributed by atoms with Gasteiger partial charge in [-0.3, -0.25) is 4.79 Å². The third kappa shape index (κ3) is 2.29. The summed E-state index contributed by atoms with van der Waals surface area (Å²) in [5.41, 5.74) is 2.03. The van der Waals surface area contributed by atoms with E-state index in [9.17, 15) is 4.79 Å². The molecule has 0 radical (unpaired) electrons. The highest BCUT2D eigenvalue weighted by Gasteiger charge is 2.13. The van der Waals surface area contributed by atoms with Gasteiger partial charge in [-0.2, -0.15) is 0 Å². The van der Waals surface area contributed by atoms with Crippen molar-refractivity contribution in [3.05, 3.63) is 35.0 Å². The molecular formula is C13H14ClNO2. The standard InChI is InChI=1S/C13H14ClNO2/c1-8(2)11-6-15(7-13(16)17)12-5-9(14)3-4-10(11)12/h3-6,8H,7H2,1-2H3,(H,16,17). The minimum absolute atomic E-state index is 0.0381. The van der Waals surface area contributed by atoms with Crippen LogP contribution in [0.25, 0.3) is 10.9 Å². The summed E-state index contributed by atoms with van der Waals surface area (Å²) in [6.45, 7) is 4.15. The number of benzene rings is 1. The van der Waals surface area contributed by atoms with Gasteiger partial charge in [-0.15, -0.1) is 0 Å². The quantitative estimate of drug-likeness (QED) is 0.907. The molecule has 0 spiro atoms. The fourth-order valence-electron chi connectivity index (χ4n) is 2.03. The lowest BCUT2D eigenvalue weighted by Crippen LogP contribution is -2.07. The molecular weight excluding hydrogens is 238 g/mol. The molecule has 4 heteroatoms. The van der Waals surface area contributed by atoms with Crippen LogP contribution in [0.5, 0.6) is 0 Å². The molecule has 0 bridgehead atoms. The summed E-state index contributed by atoms with van der Waals surface area (Å²) in [5, 5.41) is 10.6. The third-order valence-corrected chi connectivity index (χ3v) is 3.04. The number of hydrogen-bond donors (Lipinski definition) is 1. The van der Waals surface area contributed by atoms with Crippen molar-refractivity contribution in [2.45, 2.75) is 26.3 Å². The zero-order valence-electron chi connectivity index (χ0n) is 9.77. The van der Waals surface area contributed by atoms with Crippen molar-refractivity contribution in [2.24, 2.45) is 0 Å². The Morgan fingerprint density at radius 2 is 2.18 bits per heavy atom. The molecule has 0 aliphatic heterocycles. The topological polar surface area (TPSA) is 42.2 Å². The maximum Gasteiger partial charge on any atom is 0.323 e. The van der Waals surface area contributed by atoms with Gasteiger partial charge in [-0.25, -0.2) is 0 Å². The summed E-state index contributed by atoms with van der Waals surface area (Å²) < 4.78 is 1.74. The number of carboxylic acid groups (broad SMARTS) is 1. The fraction of sp³-hybridized carbons (Fsp3) is 0.308. The Morgan fingerprint density at radius 1 is 1.47 bits per heavy atom. The van der Waals surface area contributed by atoms with Crippen molar-refractivity contribution in [1.29, 1.82) is 0 Å². The van der Waals surface area contributed by atoms with Crippen molar-refractivity contribution in [3.63, 3.8) is 0 Å². The summed E-state index contributed by atoms with van der Waals surface area (Å²) in [5.74, 6) is -0.495. The molecule has 1 heterocycles. The van der Waals surface area contributed by atoms with E-state index in [1.54, 1.807) is 4.57 Å². The van der Waals surface area contributed by atoms with E-state index >= 15 is 0 Å². The number of carboxylic acids is 1. The monoisotopic (exact) mass is 251 g/mol. The van der Waals surface area contributed by atoms with E-state index in [1.165, 1.54) is 0 Å². The largest absolute Gasteiger partial charge is 0.480 e. The molecule has 3 nitrogen and oxygen atoms in total.